The van der Waals surface area contributed by atoms with Crippen LogP contribution in [0.4, 0.5) is 0 Å². The molecule has 1 atom stereocenters. The predicted octanol–water partition coefficient (Wildman–Crippen LogP) is 3.49. The summed E-state index contributed by atoms with van der Waals surface area (Å²) < 4.78 is 0. The number of aromatic carboxylic acids is 1. The molecule has 2 rings (SSSR count). The van der Waals surface area contributed by atoms with Crippen LogP contribution >= 0.6 is 0 Å². The largest absolute Gasteiger partial charge is 0.478 e. The van der Waals surface area contributed by atoms with Gasteiger partial charge >= 0.3 is 5.97 Å². The van der Waals surface area contributed by atoms with Crippen LogP contribution < -0.4 is 0 Å². The quantitative estimate of drug-likeness (QED) is 0.492. The lowest BCUT2D eigenvalue weighted by Gasteiger charge is -2.26. The number of ketones is 1. The molecule has 128 valence electrons. The summed E-state index contributed by atoms with van der Waals surface area (Å²) in [6.45, 7) is 8.39. The molecule has 0 heterocycles. The predicted molar refractivity (Wildman–Crippen MR) is 92.2 cm³/mol. The minimum Gasteiger partial charge on any atom is -0.478 e. The van der Waals surface area contributed by atoms with Gasteiger partial charge in [-0.1, -0.05) is 37.7 Å². The maximum absolute atomic E-state index is 12.0. The molecular formula is C19H23NO4. The van der Waals surface area contributed by atoms with E-state index in [4.69, 9.17) is 9.94 Å². The highest BCUT2D eigenvalue weighted by atomic mass is 16.6. The van der Waals surface area contributed by atoms with Crippen molar-refractivity contribution in [1.29, 1.82) is 0 Å². The third kappa shape index (κ3) is 4.54. The molecule has 1 saturated carbocycles. The molecule has 1 unspecified atom stereocenters. The van der Waals surface area contributed by atoms with Crippen molar-refractivity contribution < 1.29 is 19.5 Å². The number of nitrogens with zero attached hydrogens (tertiary/aromatic N) is 1. The Morgan fingerprint density at radius 3 is 2.58 bits per heavy atom. The minimum absolute atomic E-state index is 0.0477. The number of carboxylic acid groups (broad SMARTS) is 1. The molecule has 1 aromatic rings. The summed E-state index contributed by atoms with van der Waals surface area (Å²) in [4.78, 5) is 28.1. The molecule has 0 amide bonds. The number of Topliss-reactive ketones (excluding diaryl/α,β-unsaturated/α-hetero) is 1. The van der Waals surface area contributed by atoms with Crippen LogP contribution in [0, 0.1) is 11.8 Å². The van der Waals surface area contributed by atoms with E-state index in [2.05, 4.69) is 25.6 Å². The molecule has 5 nitrogen and oxygen atoms in total. The van der Waals surface area contributed by atoms with Crippen LogP contribution in [-0.4, -0.2) is 29.2 Å². The van der Waals surface area contributed by atoms with Crippen LogP contribution in [0.3, 0.4) is 0 Å². The zero-order valence-electron chi connectivity index (χ0n) is 14.1. The Morgan fingerprint density at radius 1 is 1.33 bits per heavy atom. The summed E-state index contributed by atoms with van der Waals surface area (Å²) in [5, 5.41) is 13.0. The van der Waals surface area contributed by atoms with Crippen molar-refractivity contribution in [2.75, 3.05) is 6.61 Å². The van der Waals surface area contributed by atoms with Gasteiger partial charge in [-0.2, -0.15) is 0 Å². The maximum atomic E-state index is 12.0. The molecule has 24 heavy (non-hydrogen) atoms. The van der Waals surface area contributed by atoms with E-state index in [1.165, 1.54) is 0 Å². The number of rotatable bonds is 6. The Hall–Kier alpha value is -2.43. The van der Waals surface area contributed by atoms with Gasteiger partial charge in [-0.15, -0.1) is 0 Å². The molecule has 0 bridgehead atoms. The van der Waals surface area contributed by atoms with E-state index < -0.39 is 5.97 Å². The number of carbonyl (C=O) groups excluding carboxylic acids is 1. The summed E-state index contributed by atoms with van der Waals surface area (Å²) in [5.74, 6) is -0.190. The molecule has 1 aromatic carbocycles. The molecule has 1 fully saturated rings. The van der Waals surface area contributed by atoms with E-state index in [9.17, 15) is 9.59 Å². The second kappa shape index (κ2) is 7.90. The third-order valence-corrected chi connectivity index (χ3v) is 4.39. The normalized spacial score (nSPS) is 19.8. The number of carbonyl (C=O) groups is 2. The first kappa shape index (κ1) is 17.9. The van der Waals surface area contributed by atoms with Crippen molar-refractivity contribution >= 4 is 17.5 Å². The van der Waals surface area contributed by atoms with E-state index in [1.807, 2.05) is 0 Å². The molecule has 1 aliphatic carbocycles. The summed E-state index contributed by atoms with van der Waals surface area (Å²) in [6, 6.07) is 6.66. The first-order valence-corrected chi connectivity index (χ1v) is 8.12. The Balaban J connectivity index is 1.89. The fraction of sp³-hybridized carbons (Fsp3) is 0.421. The van der Waals surface area contributed by atoms with Crippen molar-refractivity contribution in [3.63, 3.8) is 0 Å². The van der Waals surface area contributed by atoms with E-state index in [0.29, 0.717) is 36.7 Å². The van der Waals surface area contributed by atoms with Gasteiger partial charge in [0.25, 0.3) is 0 Å². The average Bonchev–Trinajstić information content (AvgIpc) is 2.55. The highest BCUT2D eigenvalue weighted by Crippen LogP contribution is 2.28. The van der Waals surface area contributed by atoms with Crippen molar-refractivity contribution in [2.45, 2.75) is 33.1 Å². The zero-order chi connectivity index (χ0) is 17.7. The maximum Gasteiger partial charge on any atom is 0.335 e. The second-order valence-electron chi connectivity index (χ2n) is 6.44. The van der Waals surface area contributed by atoms with Gasteiger partial charge in [0.15, 0.2) is 5.78 Å². The first-order valence-electron chi connectivity index (χ1n) is 8.12. The Bertz CT molecular complexity index is 658. The van der Waals surface area contributed by atoms with Crippen molar-refractivity contribution in [2.24, 2.45) is 17.0 Å². The van der Waals surface area contributed by atoms with Crippen molar-refractivity contribution in [3.8, 4) is 0 Å². The number of oxime groups is 1. The second-order valence-corrected chi connectivity index (χ2v) is 6.44. The van der Waals surface area contributed by atoms with Gasteiger partial charge in [0.1, 0.15) is 6.61 Å². The molecule has 0 aliphatic heterocycles. The number of carboxylic acids is 1. The van der Waals surface area contributed by atoms with Crippen molar-refractivity contribution in [3.05, 3.63) is 47.5 Å². The molecule has 0 spiro atoms. The zero-order valence-corrected chi connectivity index (χ0v) is 14.1. The van der Waals surface area contributed by atoms with Crippen LogP contribution in [0.1, 0.15) is 42.6 Å². The van der Waals surface area contributed by atoms with Gasteiger partial charge in [-0.05, 0) is 36.0 Å². The number of hydrogen-bond acceptors (Lipinski definition) is 4. The van der Waals surface area contributed by atoms with Gasteiger partial charge in [0, 0.05) is 18.4 Å². The lowest BCUT2D eigenvalue weighted by Crippen LogP contribution is -2.28. The van der Waals surface area contributed by atoms with Crippen LogP contribution in [0.25, 0.3) is 0 Å². The molecule has 1 aliphatic rings. The molecule has 1 N–H and O–H groups in total. The fourth-order valence-corrected chi connectivity index (χ4v) is 2.63. The van der Waals surface area contributed by atoms with Gasteiger partial charge in [0.05, 0.1) is 11.3 Å². The van der Waals surface area contributed by atoms with Gasteiger partial charge in [-0.3, -0.25) is 4.79 Å². The van der Waals surface area contributed by atoms with E-state index in [-0.39, 0.29) is 17.3 Å². The number of benzene rings is 1. The van der Waals surface area contributed by atoms with Crippen LogP contribution in [0.2, 0.25) is 0 Å². The lowest BCUT2D eigenvalue weighted by atomic mass is 9.78. The summed E-state index contributed by atoms with van der Waals surface area (Å²) in [7, 11) is 0. The number of hydrogen-bond donors (Lipinski definition) is 1. The van der Waals surface area contributed by atoms with Crippen LogP contribution in [0.15, 0.2) is 41.6 Å². The van der Waals surface area contributed by atoms with E-state index in [1.54, 1.807) is 24.3 Å². The van der Waals surface area contributed by atoms with Gasteiger partial charge in [0.2, 0.25) is 0 Å². The highest BCUT2D eigenvalue weighted by Gasteiger charge is 2.29. The van der Waals surface area contributed by atoms with Gasteiger partial charge < -0.3 is 9.94 Å². The topological polar surface area (TPSA) is 76.0 Å². The molecule has 0 aromatic heterocycles. The van der Waals surface area contributed by atoms with E-state index >= 15 is 0 Å². The Morgan fingerprint density at radius 2 is 2.00 bits per heavy atom. The highest BCUT2D eigenvalue weighted by molar-refractivity contribution is 6.23. The molecule has 0 saturated heterocycles. The monoisotopic (exact) mass is 329 g/mol. The smallest absolute Gasteiger partial charge is 0.335 e. The average molecular weight is 329 g/mol. The Kier molecular flexibility index (Phi) is 5.90. The Labute approximate surface area is 142 Å². The standard InChI is InChI=1S/C19H23NO4/c1-12(2)16-10-17(13(3)18(21)11-16)20-24-9-8-14-4-6-15(7-5-14)19(22)23/h4-7,12,16H,3,8-11H2,1-2H3,(H,22,23)/b20-17-. The van der Waals surface area contributed by atoms with E-state index in [0.717, 1.165) is 12.0 Å². The molecule has 5 heteroatoms. The third-order valence-electron chi connectivity index (χ3n) is 4.39. The van der Waals surface area contributed by atoms with Crippen LogP contribution in [0.5, 0.6) is 0 Å². The summed E-state index contributed by atoms with van der Waals surface area (Å²) in [5.41, 5.74) is 2.33. The summed E-state index contributed by atoms with van der Waals surface area (Å²) in [6.07, 6.45) is 1.87. The van der Waals surface area contributed by atoms with Gasteiger partial charge in [-0.25, -0.2) is 4.79 Å². The summed E-state index contributed by atoms with van der Waals surface area (Å²) >= 11 is 0. The first-order chi connectivity index (χ1) is 11.4. The lowest BCUT2D eigenvalue weighted by molar-refractivity contribution is -0.116. The fourth-order valence-electron chi connectivity index (χ4n) is 2.63. The molecule has 0 radical (unpaired) electrons. The van der Waals surface area contributed by atoms with Crippen LogP contribution in [-0.2, 0) is 16.1 Å². The minimum atomic E-state index is -0.940. The molecular weight excluding hydrogens is 306 g/mol. The SMILES string of the molecule is C=C1C(=O)CC(C(C)C)C/C1=N/OCCc1ccc(C(=O)O)cc1. The number of allylic oxidation sites excluding steroid dienone is 1. The van der Waals surface area contributed by atoms with Crippen molar-refractivity contribution in [1.82, 2.24) is 0 Å².